The number of likely N-dealkylation sites (tertiary alicyclic amines) is 1. The normalized spacial score (nSPS) is 16.0. The van der Waals surface area contributed by atoms with Crippen LogP contribution in [0.2, 0.25) is 0 Å². The third-order valence-electron chi connectivity index (χ3n) is 4.47. The van der Waals surface area contributed by atoms with Gasteiger partial charge in [0.05, 0.1) is 24.9 Å². The highest BCUT2D eigenvalue weighted by atomic mass is 16.5. The summed E-state index contributed by atoms with van der Waals surface area (Å²) in [6.07, 6.45) is 7.53. The third-order valence-corrected chi connectivity index (χ3v) is 4.47. The molecule has 4 heterocycles. The first-order valence-electron chi connectivity index (χ1n) is 8.84. The molecule has 7 nitrogen and oxygen atoms in total. The SMILES string of the molecule is c1ccc(COC2CCN(Cc3nc(-c4cccnc4)no3)CC2)nc1. The molecule has 0 amide bonds. The lowest BCUT2D eigenvalue weighted by molar-refractivity contribution is -0.00681. The van der Waals surface area contributed by atoms with Gasteiger partial charge in [-0.2, -0.15) is 4.98 Å². The number of rotatable bonds is 6. The second kappa shape index (κ2) is 8.16. The Labute approximate surface area is 152 Å². The average Bonchev–Trinajstić information content (AvgIpc) is 3.17. The number of nitrogens with zero attached hydrogens (tertiary/aromatic N) is 5. The first-order valence-corrected chi connectivity index (χ1v) is 8.84. The summed E-state index contributed by atoms with van der Waals surface area (Å²) < 4.78 is 11.4. The molecule has 1 fully saturated rings. The Bertz CT molecular complexity index is 801. The van der Waals surface area contributed by atoms with Gasteiger partial charge in [-0.3, -0.25) is 14.9 Å². The van der Waals surface area contributed by atoms with Gasteiger partial charge in [-0.1, -0.05) is 11.2 Å². The Morgan fingerprint density at radius 2 is 2.04 bits per heavy atom. The predicted molar refractivity (Wildman–Crippen MR) is 94.9 cm³/mol. The van der Waals surface area contributed by atoms with E-state index in [2.05, 4.69) is 25.0 Å². The molecule has 0 bridgehead atoms. The molecule has 0 saturated carbocycles. The molecule has 0 unspecified atom stereocenters. The van der Waals surface area contributed by atoms with Crippen molar-refractivity contribution in [3.8, 4) is 11.4 Å². The summed E-state index contributed by atoms with van der Waals surface area (Å²) in [5.74, 6) is 1.22. The second-order valence-corrected chi connectivity index (χ2v) is 6.36. The van der Waals surface area contributed by atoms with E-state index in [4.69, 9.17) is 9.26 Å². The number of hydrogen-bond donors (Lipinski definition) is 0. The fraction of sp³-hybridized carbons (Fsp3) is 0.368. The predicted octanol–water partition coefficient (Wildman–Crippen LogP) is 2.71. The maximum Gasteiger partial charge on any atom is 0.241 e. The van der Waals surface area contributed by atoms with Crippen molar-refractivity contribution in [3.05, 3.63) is 60.5 Å². The highest BCUT2D eigenvalue weighted by Gasteiger charge is 2.21. The molecule has 134 valence electrons. The van der Waals surface area contributed by atoms with E-state index in [9.17, 15) is 0 Å². The van der Waals surface area contributed by atoms with Crippen LogP contribution in [-0.2, 0) is 17.9 Å². The van der Waals surface area contributed by atoms with Gasteiger partial charge >= 0.3 is 0 Å². The van der Waals surface area contributed by atoms with Crippen molar-refractivity contribution < 1.29 is 9.26 Å². The molecule has 0 spiro atoms. The van der Waals surface area contributed by atoms with Crippen molar-refractivity contribution in [2.75, 3.05) is 13.1 Å². The zero-order valence-corrected chi connectivity index (χ0v) is 14.5. The van der Waals surface area contributed by atoms with Crippen molar-refractivity contribution in [3.63, 3.8) is 0 Å². The largest absolute Gasteiger partial charge is 0.372 e. The van der Waals surface area contributed by atoms with E-state index in [0.717, 1.165) is 37.2 Å². The van der Waals surface area contributed by atoms with E-state index in [-0.39, 0.29) is 6.10 Å². The topological polar surface area (TPSA) is 77.2 Å². The van der Waals surface area contributed by atoms with Crippen LogP contribution in [0.15, 0.2) is 53.4 Å². The van der Waals surface area contributed by atoms with Crippen LogP contribution in [0.1, 0.15) is 24.4 Å². The van der Waals surface area contributed by atoms with Crippen LogP contribution in [0.25, 0.3) is 11.4 Å². The first kappa shape index (κ1) is 16.8. The number of ether oxygens (including phenoxy) is 1. The van der Waals surface area contributed by atoms with Gasteiger partial charge in [0.15, 0.2) is 0 Å². The molecule has 1 aliphatic rings. The molecule has 0 atom stereocenters. The minimum absolute atomic E-state index is 0.280. The van der Waals surface area contributed by atoms with Gasteiger partial charge in [0.25, 0.3) is 0 Å². The third kappa shape index (κ3) is 4.30. The van der Waals surface area contributed by atoms with Crippen LogP contribution >= 0.6 is 0 Å². The Morgan fingerprint density at radius 3 is 2.81 bits per heavy atom. The Balaban J connectivity index is 1.25. The average molecular weight is 351 g/mol. The molecule has 3 aromatic rings. The summed E-state index contributed by atoms with van der Waals surface area (Å²) in [6.45, 7) is 3.15. The van der Waals surface area contributed by atoms with E-state index >= 15 is 0 Å². The Hall–Kier alpha value is -2.64. The van der Waals surface area contributed by atoms with Crippen molar-refractivity contribution in [2.45, 2.75) is 32.1 Å². The van der Waals surface area contributed by atoms with Crippen molar-refractivity contribution in [1.29, 1.82) is 0 Å². The molecular weight excluding hydrogens is 330 g/mol. The highest BCUT2D eigenvalue weighted by Crippen LogP contribution is 2.19. The first-order chi connectivity index (χ1) is 12.9. The molecular formula is C19H21N5O2. The zero-order chi connectivity index (χ0) is 17.6. The molecule has 0 aromatic carbocycles. The quantitative estimate of drug-likeness (QED) is 0.676. The maximum atomic E-state index is 5.98. The number of aromatic nitrogens is 4. The molecule has 0 radical (unpaired) electrons. The van der Waals surface area contributed by atoms with E-state index in [1.807, 2.05) is 30.3 Å². The molecule has 1 aliphatic heterocycles. The zero-order valence-electron chi connectivity index (χ0n) is 14.5. The summed E-state index contributed by atoms with van der Waals surface area (Å²) >= 11 is 0. The summed E-state index contributed by atoms with van der Waals surface area (Å²) in [6, 6.07) is 9.68. The van der Waals surface area contributed by atoms with Gasteiger partial charge in [-0.05, 0) is 37.1 Å². The summed E-state index contributed by atoms with van der Waals surface area (Å²) in [5, 5.41) is 4.05. The van der Waals surface area contributed by atoms with E-state index < -0.39 is 0 Å². The molecule has 7 heteroatoms. The van der Waals surface area contributed by atoms with Crippen LogP contribution in [0.3, 0.4) is 0 Å². The minimum Gasteiger partial charge on any atom is -0.372 e. The summed E-state index contributed by atoms with van der Waals surface area (Å²) in [7, 11) is 0. The maximum absolute atomic E-state index is 5.98. The molecule has 1 saturated heterocycles. The minimum atomic E-state index is 0.280. The van der Waals surface area contributed by atoms with E-state index in [1.54, 1.807) is 18.6 Å². The van der Waals surface area contributed by atoms with Crippen molar-refractivity contribution >= 4 is 0 Å². The summed E-state index contributed by atoms with van der Waals surface area (Å²) in [4.78, 5) is 15.2. The van der Waals surface area contributed by atoms with Gasteiger partial charge in [0.2, 0.25) is 11.7 Å². The number of piperidine rings is 1. The molecule has 4 rings (SSSR count). The van der Waals surface area contributed by atoms with Crippen LogP contribution < -0.4 is 0 Å². The number of pyridine rings is 2. The van der Waals surface area contributed by atoms with E-state index in [0.29, 0.717) is 24.9 Å². The monoisotopic (exact) mass is 351 g/mol. The lowest BCUT2D eigenvalue weighted by Gasteiger charge is -2.30. The van der Waals surface area contributed by atoms with Gasteiger partial charge in [0, 0.05) is 37.2 Å². The van der Waals surface area contributed by atoms with Crippen LogP contribution in [0, 0.1) is 0 Å². The standard InChI is InChI=1S/C19H21N5O2/c1-2-9-21-16(5-1)14-25-17-6-10-24(11-7-17)13-18-22-19(23-26-18)15-4-3-8-20-12-15/h1-5,8-9,12,17H,6-7,10-11,13-14H2. The Morgan fingerprint density at radius 1 is 1.12 bits per heavy atom. The fourth-order valence-electron chi connectivity index (χ4n) is 3.04. The smallest absolute Gasteiger partial charge is 0.241 e. The molecule has 26 heavy (non-hydrogen) atoms. The number of hydrogen-bond acceptors (Lipinski definition) is 7. The fourth-order valence-corrected chi connectivity index (χ4v) is 3.04. The summed E-state index contributed by atoms with van der Waals surface area (Å²) in [5.41, 5.74) is 1.84. The van der Waals surface area contributed by atoms with Gasteiger partial charge < -0.3 is 9.26 Å². The van der Waals surface area contributed by atoms with Gasteiger partial charge in [-0.25, -0.2) is 0 Å². The molecule has 0 N–H and O–H groups in total. The van der Waals surface area contributed by atoms with Crippen LogP contribution in [0.5, 0.6) is 0 Å². The van der Waals surface area contributed by atoms with Crippen molar-refractivity contribution in [1.82, 2.24) is 25.0 Å². The molecule has 3 aromatic heterocycles. The van der Waals surface area contributed by atoms with Crippen molar-refractivity contribution in [2.24, 2.45) is 0 Å². The Kier molecular flexibility index (Phi) is 5.27. The van der Waals surface area contributed by atoms with Crippen LogP contribution in [-0.4, -0.2) is 44.2 Å². The second-order valence-electron chi connectivity index (χ2n) is 6.36. The highest BCUT2D eigenvalue weighted by molar-refractivity contribution is 5.51. The molecule has 0 aliphatic carbocycles. The lowest BCUT2D eigenvalue weighted by atomic mass is 10.1. The van der Waals surface area contributed by atoms with Crippen LogP contribution in [0.4, 0.5) is 0 Å². The van der Waals surface area contributed by atoms with Gasteiger partial charge in [0.1, 0.15) is 0 Å². The van der Waals surface area contributed by atoms with E-state index in [1.165, 1.54) is 0 Å². The lowest BCUT2D eigenvalue weighted by Crippen LogP contribution is -2.36. The van der Waals surface area contributed by atoms with Gasteiger partial charge in [-0.15, -0.1) is 0 Å².